The van der Waals surface area contributed by atoms with E-state index in [4.69, 9.17) is 0 Å². The average Bonchev–Trinajstić information content (AvgIpc) is 2.84. The van der Waals surface area contributed by atoms with Gasteiger partial charge in [-0.1, -0.05) is 6.07 Å². The Kier molecular flexibility index (Phi) is 7.36. The van der Waals surface area contributed by atoms with Gasteiger partial charge in [0.1, 0.15) is 17.2 Å². The predicted octanol–water partition coefficient (Wildman–Crippen LogP) is 2.89. The Bertz CT molecular complexity index is 1230. The van der Waals surface area contributed by atoms with Crippen molar-refractivity contribution in [2.24, 2.45) is 0 Å². The fourth-order valence-corrected chi connectivity index (χ4v) is 3.62. The Morgan fingerprint density at radius 1 is 1.03 bits per heavy atom. The first-order valence-corrected chi connectivity index (χ1v) is 11.4. The van der Waals surface area contributed by atoms with Crippen molar-refractivity contribution in [2.45, 2.75) is 32.9 Å². The van der Waals surface area contributed by atoms with Crippen molar-refractivity contribution in [2.75, 3.05) is 29.5 Å². The number of hydrogen-bond donors (Lipinski definition) is 6. The second-order valence-corrected chi connectivity index (χ2v) is 8.38. The summed E-state index contributed by atoms with van der Waals surface area (Å²) in [6.07, 6.45) is 4.03. The minimum atomic E-state index is -0.388. The van der Waals surface area contributed by atoms with E-state index in [0.29, 0.717) is 23.3 Å². The van der Waals surface area contributed by atoms with Crippen LogP contribution in [-0.2, 0) is 13.0 Å². The number of urea groups is 1. The molecule has 11 nitrogen and oxygen atoms in total. The highest BCUT2D eigenvalue weighted by Gasteiger charge is 2.17. The van der Waals surface area contributed by atoms with Crippen LogP contribution in [0.3, 0.4) is 0 Å². The molecule has 0 fully saturated rings. The van der Waals surface area contributed by atoms with E-state index >= 15 is 0 Å². The van der Waals surface area contributed by atoms with Gasteiger partial charge in [0.15, 0.2) is 0 Å². The highest BCUT2D eigenvalue weighted by molar-refractivity contribution is 5.99. The number of amides is 3. The molecule has 1 aliphatic heterocycles. The molecule has 0 bridgehead atoms. The fourth-order valence-electron chi connectivity index (χ4n) is 3.62. The van der Waals surface area contributed by atoms with Crippen LogP contribution in [0.4, 0.5) is 33.8 Å². The zero-order valence-electron chi connectivity index (χ0n) is 19.9. The number of rotatable bonds is 7. The summed E-state index contributed by atoms with van der Waals surface area (Å²) in [4.78, 5) is 37.5. The maximum Gasteiger partial charge on any atom is 0.320 e. The zero-order chi connectivity index (χ0) is 24.8. The number of carbonyl (C=O) groups excluding carboxylic acids is 2. The van der Waals surface area contributed by atoms with Crippen molar-refractivity contribution in [1.29, 1.82) is 0 Å². The number of nitrogens with one attached hydrogen (secondary N) is 6. The quantitative estimate of drug-likeness (QED) is 0.306. The minimum Gasteiger partial charge on any atom is -0.350 e. The molecule has 0 radical (unpaired) electrons. The molecule has 3 heterocycles. The van der Waals surface area contributed by atoms with E-state index in [-0.39, 0.29) is 23.5 Å². The van der Waals surface area contributed by atoms with E-state index in [1.807, 2.05) is 19.9 Å². The lowest BCUT2D eigenvalue weighted by Gasteiger charge is -2.18. The van der Waals surface area contributed by atoms with E-state index in [2.05, 4.69) is 59.0 Å². The third-order valence-corrected chi connectivity index (χ3v) is 5.29. The number of fused-ring (bicyclic) bond motifs is 1. The first-order chi connectivity index (χ1) is 16.9. The normalized spacial score (nSPS) is 12.5. The Morgan fingerprint density at radius 3 is 2.66 bits per heavy atom. The molecule has 11 heteroatoms. The van der Waals surface area contributed by atoms with Gasteiger partial charge in [0.2, 0.25) is 5.95 Å². The zero-order valence-corrected chi connectivity index (χ0v) is 19.9. The minimum absolute atomic E-state index is 0.0541. The lowest BCUT2D eigenvalue weighted by atomic mass is 10.0. The van der Waals surface area contributed by atoms with Gasteiger partial charge < -0.3 is 26.6 Å². The number of carbonyl (C=O) groups is 2. The molecule has 2 aromatic heterocycles. The van der Waals surface area contributed by atoms with Gasteiger partial charge in [-0.2, -0.15) is 4.98 Å². The Labute approximate surface area is 203 Å². The number of hydrogen-bond acceptors (Lipinski definition) is 8. The van der Waals surface area contributed by atoms with Crippen LogP contribution in [-0.4, -0.2) is 46.5 Å². The lowest BCUT2D eigenvalue weighted by molar-refractivity contribution is 0.0943. The second kappa shape index (κ2) is 10.8. The van der Waals surface area contributed by atoms with Crippen LogP contribution >= 0.6 is 0 Å². The van der Waals surface area contributed by atoms with Crippen molar-refractivity contribution in [3.63, 3.8) is 0 Å². The summed E-state index contributed by atoms with van der Waals surface area (Å²) in [5.74, 6) is 0.705. The molecule has 4 rings (SSSR count). The van der Waals surface area contributed by atoms with E-state index in [1.54, 1.807) is 18.3 Å². The largest absolute Gasteiger partial charge is 0.350 e. The fraction of sp³-hybridized carbons (Fsp3) is 0.292. The Morgan fingerprint density at radius 2 is 1.86 bits per heavy atom. The van der Waals surface area contributed by atoms with Gasteiger partial charge in [-0.15, -0.1) is 0 Å². The first kappa shape index (κ1) is 23.9. The summed E-state index contributed by atoms with van der Waals surface area (Å²) in [5.41, 5.74) is 4.31. The maximum absolute atomic E-state index is 12.8. The van der Waals surface area contributed by atoms with Crippen molar-refractivity contribution in [3.05, 3.63) is 59.4 Å². The van der Waals surface area contributed by atoms with E-state index < -0.39 is 0 Å². The summed E-state index contributed by atoms with van der Waals surface area (Å²) in [6.45, 7) is 5.56. The second-order valence-electron chi connectivity index (χ2n) is 8.38. The van der Waals surface area contributed by atoms with Crippen LogP contribution in [0.1, 0.15) is 35.3 Å². The smallest absolute Gasteiger partial charge is 0.320 e. The van der Waals surface area contributed by atoms with E-state index in [0.717, 1.165) is 25.2 Å². The van der Waals surface area contributed by atoms with Crippen molar-refractivity contribution < 1.29 is 9.59 Å². The highest BCUT2D eigenvalue weighted by Crippen LogP contribution is 2.24. The van der Waals surface area contributed by atoms with Crippen LogP contribution in [0.2, 0.25) is 0 Å². The van der Waals surface area contributed by atoms with Gasteiger partial charge in [0.05, 0.1) is 0 Å². The number of benzene rings is 1. The molecule has 0 unspecified atom stereocenters. The van der Waals surface area contributed by atoms with E-state index in [9.17, 15) is 9.59 Å². The summed E-state index contributed by atoms with van der Waals surface area (Å²) in [7, 11) is 1.52. The van der Waals surface area contributed by atoms with Crippen LogP contribution in [0.15, 0.2) is 42.7 Å². The molecule has 6 N–H and O–H groups in total. The van der Waals surface area contributed by atoms with Crippen molar-refractivity contribution >= 4 is 40.9 Å². The number of anilines is 5. The van der Waals surface area contributed by atoms with Crippen LogP contribution in [0.5, 0.6) is 0 Å². The maximum atomic E-state index is 12.8. The van der Waals surface area contributed by atoms with Gasteiger partial charge in [-0.3, -0.25) is 10.1 Å². The number of pyridine rings is 1. The first-order valence-electron chi connectivity index (χ1n) is 11.4. The molecule has 0 saturated carbocycles. The van der Waals surface area contributed by atoms with Gasteiger partial charge in [0.25, 0.3) is 5.91 Å². The molecule has 1 aliphatic rings. The molecular weight excluding hydrogens is 446 g/mol. The molecule has 0 aliphatic carbocycles. The summed E-state index contributed by atoms with van der Waals surface area (Å²) in [5, 5.41) is 17.7. The molecule has 0 spiro atoms. The Balaban J connectivity index is 1.62. The van der Waals surface area contributed by atoms with Crippen molar-refractivity contribution in [1.82, 2.24) is 30.9 Å². The standard InChI is InChI=1S/C24H29N9O2/c1-14(2)29-22(34)19-13-28-23(31-17-5-4-15-6-8-26-12-16(15)10-17)33-21(19)30-18-7-9-27-20(11-18)32-24(35)25-3/h4-5,7,9-11,13-14,26H,6,8,12H2,1-3H3,(H,29,34)(H4,25,27,28,30,31,32,33,35). The monoisotopic (exact) mass is 475 g/mol. The summed E-state index contributed by atoms with van der Waals surface area (Å²) < 4.78 is 0. The van der Waals surface area contributed by atoms with Gasteiger partial charge in [-0.05, 0) is 56.1 Å². The summed E-state index contributed by atoms with van der Waals surface area (Å²) in [6, 6.07) is 9.11. The third kappa shape index (κ3) is 6.21. The SMILES string of the molecule is CNC(=O)Nc1cc(Nc2nc(Nc3ccc4c(c3)CNCC4)ncc2C(=O)NC(C)C)ccn1. The van der Waals surface area contributed by atoms with Gasteiger partial charge >= 0.3 is 6.03 Å². The Hall–Kier alpha value is -4.25. The molecule has 35 heavy (non-hydrogen) atoms. The van der Waals surface area contributed by atoms with Gasteiger partial charge in [-0.25, -0.2) is 14.8 Å². The molecule has 1 aromatic carbocycles. The molecule has 0 saturated heterocycles. The van der Waals surface area contributed by atoms with Crippen LogP contribution in [0.25, 0.3) is 0 Å². The average molecular weight is 476 g/mol. The highest BCUT2D eigenvalue weighted by atomic mass is 16.2. The van der Waals surface area contributed by atoms with Crippen molar-refractivity contribution in [3.8, 4) is 0 Å². The number of nitrogens with zero attached hydrogens (tertiary/aromatic N) is 3. The topological polar surface area (TPSA) is 145 Å². The molecule has 182 valence electrons. The van der Waals surface area contributed by atoms with Gasteiger partial charge in [0, 0.05) is 49.5 Å². The number of aromatic nitrogens is 3. The predicted molar refractivity (Wildman–Crippen MR) is 135 cm³/mol. The third-order valence-electron chi connectivity index (χ3n) is 5.29. The van der Waals surface area contributed by atoms with E-state index in [1.165, 1.54) is 24.4 Å². The molecule has 0 atom stereocenters. The molecular formula is C24H29N9O2. The summed E-state index contributed by atoms with van der Waals surface area (Å²) >= 11 is 0. The molecule has 3 aromatic rings. The van der Waals surface area contributed by atoms with Crippen LogP contribution in [0, 0.1) is 0 Å². The molecule has 3 amide bonds. The van der Waals surface area contributed by atoms with Crippen LogP contribution < -0.4 is 31.9 Å². The lowest BCUT2D eigenvalue weighted by Crippen LogP contribution is -2.31.